The molecule has 0 aromatic carbocycles. The van der Waals surface area contributed by atoms with Gasteiger partial charge in [-0.2, -0.15) is 4.98 Å². The van der Waals surface area contributed by atoms with Gasteiger partial charge in [0, 0.05) is 18.9 Å². The fraction of sp³-hybridized carbons (Fsp3) is 0.300. The molecule has 0 radical (unpaired) electrons. The molecule has 0 aliphatic carbocycles. The molecule has 0 unspecified atom stereocenters. The van der Waals surface area contributed by atoms with E-state index in [1.807, 2.05) is 0 Å². The van der Waals surface area contributed by atoms with E-state index in [1.54, 1.807) is 29.5 Å². The molecule has 2 rings (SSSR count). The van der Waals surface area contributed by atoms with Crippen molar-refractivity contribution in [3.63, 3.8) is 0 Å². The van der Waals surface area contributed by atoms with Crippen LogP contribution in [0.4, 0.5) is 5.95 Å². The quantitative estimate of drug-likeness (QED) is 0.885. The van der Waals surface area contributed by atoms with Gasteiger partial charge in [0.2, 0.25) is 5.95 Å². The maximum absolute atomic E-state index is 6.02. The topological polar surface area (TPSA) is 55.6 Å². The summed E-state index contributed by atoms with van der Waals surface area (Å²) in [7, 11) is 0. The summed E-state index contributed by atoms with van der Waals surface area (Å²) in [5, 5.41) is 3.61. The highest BCUT2D eigenvalue weighted by Crippen LogP contribution is 2.17. The normalized spacial score (nSPS) is 10.4. The van der Waals surface area contributed by atoms with Crippen LogP contribution in [0.2, 0.25) is 5.02 Å². The van der Waals surface area contributed by atoms with Crippen LogP contribution in [-0.4, -0.2) is 26.1 Å². The molecule has 0 bridgehead atoms. The highest BCUT2D eigenvalue weighted by molar-refractivity contribution is 6.32. The summed E-state index contributed by atoms with van der Waals surface area (Å²) in [5.41, 5.74) is 0. The standard InChI is InChI=1S/C10H12ClN5/c1-2-3-13-10-14-6-8(11)9(15-10)16-5-4-12-7-16/h4-7H,2-3H2,1H3,(H,13,14,15). The molecule has 0 saturated heterocycles. The van der Waals surface area contributed by atoms with Crippen LogP contribution in [0.25, 0.3) is 5.82 Å². The average molecular weight is 238 g/mol. The smallest absolute Gasteiger partial charge is 0.224 e. The highest BCUT2D eigenvalue weighted by Gasteiger charge is 2.06. The SMILES string of the molecule is CCCNc1ncc(Cl)c(-n2ccnc2)n1. The molecule has 16 heavy (non-hydrogen) atoms. The van der Waals surface area contributed by atoms with Crippen molar-refractivity contribution in [2.75, 3.05) is 11.9 Å². The van der Waals surface area contributed by atoms with E-state index in [2.05, 4.69) is 27.2 Å². The van der Waals surface area contributed by atoms with Gasteiger partial charge >= 0.3 is 0 Å². The van der Waals surface area contributed by atoms with Gasteiger partial charge in [0.1, 0.15) is 11.3 Å². The minimum absolute atomic E-state index is 0.500. The van der Waals surface area contributed by atoms with Crippen LogP contribution in [0.5, 0.6) is 0 Å². The Morgan fingerprint density at radius 3 is 3.06 bits per heavy atom. The molecule has 2 aromatic heterocycles. The second-order valence-electron chi connectivity index (χ2n) is 3.26. The number of rotatable bonds is 4. The summed E-state index contributed by atoms with van der Waals surface area (Å²) in [6, 6.07) is 0. The number of imidazole rings is 1. The van der Waals surface area contributed by atoms with Gasteiger partial charge in [-0.25, -0.2) is 9.97 Å². The van der Waals surface area contributed by atoms with Crippen molar-refractivity contribution < 1.29 is 0 Å². The summed E-state index contributed by atoms with van der Waals surface area (Å²) in [4.78, 5) is 12.4. The van der Waals surface area contributed by atoms with Crippen LogP contribution < -0.4 is 5.32 Å². The third-order valence-electron chi connectivity index (χ3n) is 2.01. The van der Waals surface area contributed by atoms with Crippen LogP contribution in [0, 0.1) is 0 Å². The molecule has 84 valence electrons. The van der Waals surface area contributed by atoms with Gasteiger partial charge in [0.15, 0.2) is 5.82 Å². The Kier molecular flexibility index (Phi) is 3.36. The zero-order valence-corrected chi connectivity index (χ0v) is 9.65. The molecule has 2 aromatic rings. The number of aromatic nitrogens is 4. The van der Waals surface area contributed by atoms with E-state index in [4.69, 9.17) is 11.6 Å². The minimum Gasteiger partial charge on any atom is -0.354 e. The molecule has 0 atom stereocenters. The molecule has 0 spiro atoms. The van der Waals surface area contributed by atoms with Crippen molar-refractivity contribution in [1.29, 1.82) is 0 Å². The third kappa shape index (κ3) is 2.30. The Bertz CT molecular complexity index is 454. The predicted molar refractivity (Wildman–Crippen MR) is 62.9 cm³/mol. The summed E-state index contributed by atoms with van der Waals surface area (Å²) in [5.74, 6) is 1.21. The molecule has 1 N–H and O–H groups in total. The van der Waals surface area contributed by atoms with Crippen LogP contribution in [0.3, 0.4) is 0 Å². The van der Waals surface area contributed by atoms with E-state index in [-0.39, 0.29) is 0 Å². The van der Waals surface area contributed by atoms with Crippen molar-refractivity contribution >= 4 is 17.5 Å². The van der Waals surface area contributed by atoms with Gasteiger partial charge in [-0.3, -0.25) is 4.57 Å². The van der Waals surface area contributed by atoms with E-state index in [9.17, 15) is 0 Å². The second-order valence-corrected chi connectivity index (χ2v) is 3.67. The molecule has 5 nitrogen and oxygen atoms in total. The lowest BCUT2D eigenvalue weighted by molar-refractivity contribution is 0.927. The lowest BCUT2D eigenvalue weighted by Gasteiger charge is -2.07. The fourth-order valence-corrected chi connectivity index (χ4v) is 1.43. The Hall–Kier alpha value is -1.62. The molecular weight excluding hydrogens is 226 g/mol. The average Bonchev–Trinajstić information content (AvgIpc) is 2.81. The molecule has 2 heterocycles. The zero-order valence-electron chi connectivity index (χ0n) is 8.89. The Morgan fingerprint density at radius 2 is 2.38 bits per heavy atom. The molecular formula is C10H12ClN5. The van der Waals surface area contributed by atoms with Gasteiger partial charge < -0.3 is 5.32 Å². The summed E-state index contributed by atoms with van der Waals surface area (Å²) in [6.45, 7) is 2.92. The monoisotopic (exact) mass is 237 g/mol. The number of halogens is 1. The van der Waals surface area contributed by atoms with E-state index in [0.717, 1.165) is 13.0 Å². The largest absolute Gasteiger partial charge is 0.354 e. The van der Waals surface area contributed by atoms with Gasteiger partial charge in [-0.1, -0.05) is 18.5 Å². The Morgan fingerprint density at radius 1 is 1.50 bits per heavy atom. The number of nitrogens with zero attached hydrogens (tertiary/aromatic N) is 4. The summed E-state index contributed by atoms with van der Waals surface area (Å²) in [6.07, 6.45) is 7.72. The molecule has 0 aliphatic rings. The van der Waals surface area contributed by atoms with Crippen molar-refractivity contribution in [2.45, 2.75) is 13.3 Å². The van der Waals surface area contributed by atoms with Gasteiger partial charge in [-0.05, 0) is 6.42 Å². The van der Waals surface area contributed by atoms with E-state index < -0.39 is 0 Å². The second kappa shape index (κ2) is 4.94. The van der Waals surface area contributed by atoms with Gasteiger partial charge in [0.05, 0.1) is 6.20 Å². The molecule has 0 fully saturated rings. The number of hydrogen-bond donors (Lipinski definition) is 1. The van der Waals surface area contributed by atoms with E-state index in [1.165, 1.54) is 0 Å². The van der Waals surface area contributed by atoms with E-state index in [0.29, 0.717) is 16.8 Å². The molecule has 0 saturated carbocycles. The predicted octanol–water partition coefficient (Wildman–Crippen LogP) is 2.14. The third-order valence-corrected chi connectivity index (χ3v) is 2.27. The van der Waals surface area contributed by atoms with Crippen molar-refractivity contribution in [2.24, 2.45) is 0 Å². The van der Waals surface area contributed by atoms with Crippen LogP contribution in [0.15, 0.2) is 24.9 Å². The maximum atomic E-state index is 6.02. The maximum Gasteiger partial charge on any atom is 0.224 e. The number of anilines is 1. The van der Waals surface area contributed by atoms with Crippen molar-refractivity contribution in [3.8, 4) is 5.82 Å². The van der Waals surface area contributed by atoms with Gasteiger partial charge in [-0.15, -0.1) is 0 Å². The highest BCUT2D eigenvalue weighted by atomic mass is 35.5. The lowest BCUT2D eigenvalue weighted by Crippen LogP contribution is -2.06. The van der Waals surface area contributed by atoms with Crippen molar-refractivity contribution in [3.05, 3.63) is 29.9 Å². The van der Waals surface area contributed by atoms with Crippen LogP contribution in [0.1, 0.15) is 13.3 Å². The first kappa shape index (κ1) is 10.9. The van der Waals surface area contributed by atoms with Crippen LogP contribution in [-0.2, 0) is 0 Å². The Labute approximate surface area is 98.5 Å². The zero-order chi connectivity index (χ0) is 11.4. The first-order valence-electron chi connectivity index (χ1n) is 5.06. The van der Waals surface area contributed by atoms with Crippen molar-refractivity contribution in [1.82, 2.24) is 19.5 Å². The fourth-order valence-electron chi connectivity index (χ4n) is 1.25. The summed E-state index contributed by atoms with van der Waals surface area (Å²) < 4.78 is 1.75. The lowest BCUT2D eigenvalue weighted by atomic mass is 10.5. The summed E-state index contributed by atoms with van der Waals surface area (Å²) >= 11 is 6.02. The number of hydrogen-bond acceptors (Lipinski definition) is 4. The Balaban J connectivity index is 2.30. The van der Waals surface area contributed by atoms with Crippen LogP contribution >= 0.6 is 11.6 Å². The molecule has 0 aliphatic heterocycles. The molecule has 6 heteroatoms. The molecule has 0 amide bonds. The number of nitrogens with one attached hydrogen (secondary N) is 1. The first-order chi connectivity index (χ1) is 7.81. The van der Waals surface area contributed by atoms with E-state index >= 15 is 0 Å². The first-order valence-corrected chi connectivity index (χ1v) is 5.44. The van der Waals surface area contributed by atoms with Gasteiger partial charge in [0.25, 0.3) is 0 Å². The minimum atomic E-state index is 0.500.